The fourth-order valence-corrected chi connectivity index (χ4v) is 4.11. The van der Waals surface area contributed by atoms with E-state index in [0.29, 0.717) is 17.8 Å². The quantitative estimate of drug-likeness (QED) is 0.423. The Morgan fingerprint density at radius 2 is 1.82 bits per heavy atom. The highest BCUT2D eigenvalue weighted by Gasteiger charge is 2.25. The standard InChI is InChI=1S/C24H28FN7O2/c25-18-11-17(21(27)33)22(32-23(18)31-20-9-5-4-8-19(20)26)29-15-10-16(13-28-12-15)30-24(34)14-6-2-1-3-7-14/h1-3,6-7,10-11,13,15,19-20H,4-5,8-9,12,26H2,(H2,27,33)(H,30,34)(H2,29,31,32)/t15?,19-,20+/m0/s1. The SMILES string of the molecule is NC(=O)c1cc(F)c(N[C@@H]2CCCC[C@@H]2N)nc1NC1C=C(NC(=O)c2ccccc2)C=NC1. The minimum Gasteiger partial charge on any atom is -0.365 e. The second-order valence-corrected chi connectivity index (χ2v) is 8.47. The molecule has 34 heavy (non-hydrogen) atoms. The minimum atomic E-state index is -0.810. The van der Waals surface area contributed by atoms with Crippen LogP contribution < -0.4 is 27.4 Å². The van der Waals surface area contributed by atoms with Crippen LogP contribution in [0.25, 0.3) is 0 Å². The number of rotatable bonds is 7. The van der Waals surface area contributed by atoms with E-state index in [1.165, 1.54) is 0 Å². The largest absolute Gasteiger partial charge is 0.365 e. The number of aromatic nitrogens is 1. The Balaban J connectivity index is 1.52. The molecule has 1 aromatic carbocycles. The minimum absolute atomic E-state index is 0.00995. The summed E-state index contributed by atoms with van der Waals surface area (Å²) < 4.78 is 14.7. The first kappa shape index (κ1) is 23.4. The molecule has 1 aromatic heterocycles. The van der Waals surface area contributed by atoms with Crippen molar-refractivity contribution >= 4 is 29.7 Å². The van der Waals surface area contributed by atoms with Gasteiger partial charge in [0.05, 0.1) is 23.8 Å². The van der Waals surface area contributed by atoms with Crippen molar-refractivity contribution in [1.82, 2.24) is 10.3 Å². The molecule has 0 saturated heterocycles. The first-order valence-corrected chi connectivity index (χ1v) is 11.3. The number of nitrogens with two attached hydrogens (primary N) is 2. The van der Waals surface area contributed by atoms with Crippen LogP contribution in [0.2, 0.25) is 0 Å². The monoisotopic (exact) mass is 465 g/mol. The molecule has 1 unspecified atom stereocenters. The second-order valence-electron chi connectivity index (χ2n) is 8.47. The summed E-state index contributed by atoms with van der Waals surface area (Å²) in [4.78, 5) is 33.0. The Bertz CT molecular complexity index is 1120. The van der Waals surface area contributed by atoms with Gasteiger partial charge in [0.15, 0.2) is 11.6 Å². The van der Waals surface area contributed by atoms with Gasteiger partial charge in [-0.25, -0.2) is 9.37 Å². The normalized spacial score (nSPS) is 21.9. The Morgan fingerprint density at radius 1 is 1.06 bits per heavy atom. The number of benzene rings is 1. The summed E-state index contributed by atoms with van der Waals surface area (Å²) in [5, 5.41) is 8.99. The number of allylic oxidation sites excluding steroid dienone is 1. The van der Waals surface area contributed by atoms with Crippen LogP contribution in [0.5, 0.6) is 0 Å². The van der Waals surface area contributed by atoms with Gasteiger partial charge in [0, 0.05) is 23.9 Å². The van der Waals surface area contributed by atoms with Crippen LogP contribution in [0, 0.1) is 5.82 Å². The van der Waals surface area contributed by atoms with Gasteiger partial charge in [0.2, 0.25) is 0 Å². The van der Waals surface area contributed by atoms with Crippen LogP contribution in [0.4, 0.5) is 16.0 Å². The number of hydrogen-bond acceptors (Lipinski definition) is 7. The molecule has 3 atom stereocenters. The van der Waals surface area contributed by atoms with Crippen molar-refractivity contribution in [2.75, 3.05) is 17.2 Å². The number of dihydropyridines is 1. The molecule has 0 spiro atoms. The fourth-order valence-electron chi connectivity index (χ4n) is 4.11. The summed E-state index contributed by atoms with van der Waals surface area (Å²) in [5.74, 6) is -1.61. The Hall–Kier alpha value is -3.79. The molecule has 7 N–H and O–H groups in total. The van der Waals surface area contributed by atoms with Gasteiger partial charge >= 0.3 is 0 Å². The lowest BCUT2D eigenvalue weighted by Crippen LogP contribution is -2.43. The van der Waals surface area contributed by atoms with E-state index < -0.39 is 17.8 Å². The first-order chi connectivity index (χ1) is 16.4. The number of primary amides is 1. The zero-order chi connectivity index (χ0) is 24.1. The predicted octanol–water partition coefficient (Wildman–Crippen LogP) is 2.18. The number of carbonyl (C=O) groups is 2. The molecule has 2 amide bonds. The van der Waals surface area contributed by atoms with Crippen LogP contribution >= 0.6 is 0 Å². The van der Waals surface area contributed by atoms with Crippen LogP contribution in [0.3, 0.4) is 0 Å². The van der Waals surface area contributed by atoms with Gasteiger partial charge in [0.1, 0.15) is 5.82 Å². The Kier molecular flexibility index (Phi) is 7.17. The van der Waals surface area contributed by atoms with Gasteiger partial charge in [-0.3, -0.25) is 14.6 Å². The van der Waals surface area contributed by atoms with Gasteiger partial charge in [-0.1, -0.05) is 31.0 Å². The third-order valence-electron chi connectivity index (χ3n) is 5.91. The van der Waals surface area contributed by atoms with E-state index in [1.54, 1.807) is 36.6 Å². The predicted molar refractivity (Wildman–Crippen MR) is 129 cm³/mol. The van der Waals surface area contributed by atoms with Crippen molar-refractivity contribution in [2.24, 2.45) is 16.5 Å². The van der Waals surface area contributed by atoms with E-state index >= 15 is 0 Å². The van der Waals surface area contributed by atoms with Crippen molar-refractivity contribution in [2.45, 2.75) is 43.8 Å². The number of amides is 2. The molecule has 178 valence electrons. The average Bonchev–Trinajstić information content (AvgIpc) is 2.83. The third-order valence-corrected chi connectivity index (χ3v) is 5.91. The summed E-state index contributed by atoms with van der Waals surface area (Å²) in [7, 11) is 0. The van der Waals surface area contributed by atoms with Gasteiger partial charge in [-0.2, -0.15) is 0 Å². The maximum Gasteiger partial charge on any atom is 0.255 e. The molecule has 9 nitrogen and oxygen atoms in total. The molecule has 10 heteroatoms. The Labute approximate surface area is 196 Å². The Morgan fingerprint density at radius 3 is 2.56 bits per heavy atom. The molecular weight excluding hydrogens is 437 g/mol. The van der Waals surface area contributed by atoms with Crippen molar-refractivity contribution in [3.63, 3.8) is 0 Å². The topological polar surface area (TPSA) is 148 Å². The van der Waals surface area contributed by atoms with Gasteiger partial charge in [-0.15, -0.1) is 0 Å². The number of nitrogens with zero attached hydrogens (tertiary/aromatic N) is 2. The summed E-state index contributed by atoms with van der Waals surface area (Å²) in [5.41, 5.74) is 12.6. The second kappa shape index (κ2) is 10.4. The number of pyridine rings is 1. The van der Waals surface area contributed by atoms with E-state index in [-0.39, 0.29) is 35.2 Å². The molecule has 2 aliphatic rings. The fraction of sp³-hybridized carbons (Fsp3) is 0.333. The number of carbonyl (C=O) groups excluding carboxylic acids is 2. The van der Waals surface area contributed by atoms with Crippen LogP contribution in [0.1, 0.15) is 46.4 Å². The number of halogens is 1. The van der Waals surface area contributed by atoms with E-state index in [1.807, 2.05) is 6.07 Å². The molecule has 4 rings (SSSR count). The molecule has 0 bridgehead atoms. The highest BCUT2D eigenvalue weighted by molar-refractivity contribution is 5.99. The number of anilines is 2. The molecule has 2 aromatic rings. The lowest BCUT2D eigenvalue weighted by molar-refractivity contribution is 0.0966. The first-order valence-electron chi connectivity index (χ1n) is 11.3. The van der Waals surface area contributed by atoms with E-state index in [9.17, 15) is 14.0 Å². The average molecular weight is 466 g/mol. The summed E-state index contributed by atoms with van der Waals surface area (Å²) in [6.07, 6.45) is 7.02. The number of aliphatic imine (C=N–C) groups is 1. The highest BCUT2D eigenvalue weighted by atomic mass is 19.1. The lowest BCUT2D eigenvalue weighted by Gasteiger charge is -2.30. The molecule has 1 saturated carbocycles. The highest BCUT2D eigenvalue weighted by Crippen LogP contribution is 2.25. The van der Waals surface area contributed by atoms with Crippen LogP contribution in [-0.2, 0) is 0 Å². The van der Waals surface area contributed by atoms with Crippen LogP contribution in [-0.4, -0.2) is 47.7 Å². The lowest BCUT2D eigenvalue weighted by atomic mass is 9.91. The zero-order valence-corrected chi connectivity index (χ0v) is 18.6. The van der Waals surface area contributed by atoms with Gasteiger partial charge < -0.3 is 27.4 Å². The van der Waals surface area contributed by atoms with Crippen LogP contribution in [0.15, 0.2) is 53.2 Å². The molecule has 1 aliphatic heterocycles. The molecule has 2 heterocycles. The smallest absolute Gasteiger partial charge is 0.255 e. The summed E-state index contributed by atoms with van der Waals surface area (Å²) in [6.45, 7) is 0.332. The van der Waals surface area contributed by atoms with E-state index in [2.05, 4.69) is 25.9 Å². The van der Waals surface area contributed by atoms with Crippen molar-refractivity contribution < 1.29 is 14.0 Å². The molecular formula is C24H28FN7O2. The third kappa shape index (κ3) is 5.57. The summed E-state index contributed by atoms with van der Waals surface area (Å²) >= 11 is 0. The van der Waals surface area contributed by atoms with E-state index in [0.717, 1.165) is 31.7 Å². The molecule has 0 radical (unpaired) electrons. The number of hydrogen-bond donors (Lipinski definition) is 5. The van der Waals surface area contributed by atoms with Crippen molar-refractivity contribution in [1.29, 1.82) is 0 Å². The number of nitrogens with one attached hydrogen (secondary N) is 3. The zero-order valence-electron chi connectivity index (χ0n) is 18.6. The molecule has 1 fully saturated rings. The maximum atomic E-state index is 14.7. The summed E-state index contributed by atoms with van der Waals surface area (Å²) in [6, 6.07) is 9.25. The van der Waals surface area contributed by atoms with Gasteiger partial charge in [-0.05, 0) is 37.1 Å². The van der Waals surface area contributed by atoms with Crippen molar-refractivity contribution in [3.05, 3.63) is 65.1 Å². The van der Waals surface area contributed by atoms with E-state index in [4.69, 9.17) is 11.5 Å². The maximum absolute atomic E-state index is 14.7. The molecule has 1 aliphatic carbocycles. The van der Waals surface area contributed by atoms with Crippen molar-refractivity contribution in [3.8, 4) is 0 Å². The van der Waals surface area contributed by atoms with Gasteiger partial charge in [0.25, 0.3) is 11.8 Å².